The minimum atomic E-state index is -3.44. The van der Waals surface area contributed by atoms with Crippen LogP contribution in [-0.2, 0) is 23.8 Å². The zero-order chi connectivity index (χ0) is 18.2. The van der Waals surface area contributed by atoms with Crippen molar-refractivity contribution < 1.29 is 26.9 Å². The van der Waals surface area contributed by atoms with E-state index in [4.69, 9.17) is 13.7 Å². The first-order chi connectivity index (χ1) is 11.2. The zero-order valence-electron chi connectivity index (χ0n) is 14.4. The van der Waals surface area contributed by atoms with Crippen molar-refractivity contribution in [3.63, 3.8) is 0 Å². The minimum absolute atomic E-state index is 0.234. The maximum atomic E-state index is 11.4. The molecule has 8 heteroatoms. The number of thioether (sulfide) groups is 1. The molecular weight excluding hydrogens is 352 g/mol. The van der Waals surface area contributed by atoms with Crippen molar-refractivity contribution >= 4 is 27.8 Å². The molecule has 0 N–H and O–H groups in total. The van der Waals surface area contributed by atoms with Crippen LogP contribution in [0.4, 0.5) is 0 Å². The summed E-state index contributed by atoms with van der Waals surface area (Å²) in [5, 5.41) is 0. The molecule has 0 saturated heterocycles. The summed E-state index contributed by atoms with van der Waals surface area (Å²) < 4.78 is 37.4. The number of hydrogen-bond donors (Lipinski definition) is 0. The highest BCUT2D eigenvalue weighted by atomic mass is 32.2. The molecule has 1 aromatic rings. The topological polar surface area (TPSA) is 78.9 Å². The summed E-state index contributed by atoms with van der Waals surface area (Å²) in [4.78, 5) is 12.4. The smallest absolute Gasteiger partial charge is 0.316 e. The summed E-state index contributed by atoms with van der Waals surface area (Å²) in [7, 11) is -3.44. The average Bonchev–Trinajstić information content (AvgIpc) is 2.44. The van der Waals surface area contributed by atoms with Gasteiger partial charge in [-0.1, -0.05) is 0 Å². The van der Waals surface area contributed by atoms with Crippen LogP contribution >= 0.6 is 11.8 Å². The van der Waals surface area contributed by atoms with Gasteiger partial charge in [0.1, 0.15) is 5.75 Å². The van der Waals surface area contributed by atoms with Crippen LogP contribution in [0.25, 0.3) is 0 Å². The van der Waals surface area contributed by atoms with Crippen molar-refractivity contribution in [1.82, 2.24) is 0 Å². The fraction of sp³-hybridized carbons (Fsp3) is 0.562. The summed E-state index contributed by atoms with van der Waals surface area (Å²) in [5.41, 5.74) is 1.00. The second-order valence-electron chi connectivity index (χ2n) is 5.27. The first-order valence-electron chi connectivity index (χ1n) is 7.61. The summed E-state index contributed by atoms with van der Waals surface area (Å²) in [6.45, 7) is 6.14. The fourth-order valence-corrected chi connectivity index (χ4v) is 3.40. The molecule has 1 rings (SSSR count). The number of hydrogen-bond acceptors (Lipinski definition) is 7. The lowest BCUT2D eigenvalue weighted by Crippen LogP contribution is -2.16. The van der Waals surface area contributed by atoms with Crippen LogP contribution in [-0.4, -0.2) is 45.7 Å². The van der Waals surface area contributed by atoms with Gasteiger partial charge in [0.25, 0.3) is 10.1 Å². The minimum Gasteiger partial charge on any atom is -0.493 e. The van der Waals surface area contributed by atoms with Crippen LogP contribution in [0.5, 0.6) is 5.75 Å². The van der Waals surface area contributed by atoms with Gasteiger partial charge in [-0.2, -0.15) is 8.42 Å². The number of aryl methyl sites for hydroxylation is 1. The number of carbonyl (C=O) groups excluding carboxylic acids is 1. The first-order valence-corrected chi connectivity index (χ1v) is 10.4. The molecule has 0 spiro atoms. The number of benzene rings is 1. The van der Waals surface area contributed by atoms with Gasteiger partial charge in [-0.05, 0) is 44.5 Å². The molecule has 0 fully saturated rings. The number of rotatable bonds is 10. The van der Waals surface area contributed by atoms with E-state index < -0.39 is 16.2 Å². The van der Waals surface area contributed by atoms with E-state index in [9.17, 15) is 13.2 Å². The van der Waals surface area contributed by atoms with E-state index in [0.717, 1.165) is 16.7 Å². The maximum Gasteiger partial charge on any atom is 0.316 e. The lowest BCUT2D eigenvalue weighted by atomic mass is 10.2. The van der Waals surface area contributed by atoms with Gasteiger partial charge < -0.3 is 9.47 Å². The van der Waals surface area contributed by atoms with E-state index in [2.05, 4.69) is 0 Å². The van der Waals surface area contributed by atoms with Crippen LogP contribution in [0.1, 0.15) is 25.8 Å². The lowest BCUT2D eigenvalue weighted by molar-refractivity contribution is -0.139. The Morgan fingerprint density at radius 3 is 2.62 bits per heavy atom. The standard InChI is InChI=1S/C16H24O6S2/c1-5-20-16(17)11-23-15-7-6-14(10-12(15)2)21-9-8-13(3)22-24(4,18)19/h6-7,10,13H,5,8-9,11H2,1-4H3. The Morgan fingerprint density at radius 2 is 2.04 bits per heavy atom. The van der Waals surface area contributed by atoms with Gasteiger partial charge in [0, 0.05) is 11.3 Å². The van der Waals surface area contributed by atoms with Crippen molar-refractivity contribution in [2.24, 2.45) is 0 Å². The molecule has 1 atom stereocenters. The van der Waals surface area contributed by atoms with Crippen molar-refractivity contribution in [1.29, 1.82) is 0 Å². The zero-order valence-corrected chi connectivity index (χ0v) is 16.0. The Balaban J connectivity index is 2.45. The van der Waals surface area contributed by atoms with Crippen LogP contribution in [0.3, 0.4) is 0 Å². The predicted octanol–water partition coefficient (Wildman–Crippen LogP) is 2.78. The average molecular weight is 376 g/mol. The first kappa shape index (κ1) is 20.8. The highest BCUT2D eigenvalue weighted by molar-refractivity contribution is 8.00. The molecule has 0 amide bonds. The molecule has 0 bridgehead atoms. The van der Waals surface area contributed by atoms with E-state index in [-0.39, 0.29) is 11.7 Å². The van der Waals surface area contributed by atoms with Gasteiger partial charge in [0.2, 0.25) is 0 Å². The van der Waals surface area contributed by atoms with Crippen molar-refractivity contribution in [2.75, 3.05) is 25.2 Å². The Bertz CT molecular complexity index is 642. The molecule has 6 nitrogen and oxygen atoms in total. The Hall–Kier alpha value is -1.25. The van der Waals surface area contributed by atoms with Gasteiger partial charge >= 0.3 is 5.97 Å². The SMILES string of the molecule is CCOC(=O)CSc1ccc(OCCC(C)OS(C)(=O)=O)cc1C. The van der Waals surface area contributed by atoms with E-state index >= 15 is 0 Å². The van der Waals surface area contributed by atoms with Crippen molar-refractivity contribution in [2.45, 2.75) is 38.2 Å². The molecule has 0 heterocycles. The van der Waals surface area contributed by atoms with Crippen molar-refractivity contribution in [3.8, 4) is 5.75 Å². The molecule has 0 saturated carbocycles. The molecule has 1 unspecified atom stereocenters. The summed E-state index contributed by atoms with van der Waals surface area (Å²) in [6, 6.07) is 5.60. The normalized spacial score (nSPS) is 12.7. The molecule has 1 aromatic carbocycles. The Kier molecular flexibility index (Phi) is 8.58. The third-order valence-electron chi connectivity index (χ3n) is 2.93. The second kappa shape index (κ2) is 9.90. The number of ether oxygens (including phenoxy) is 2. The van der Waals surface area contributed by atoms with E-state index in [1.165, 1.54) is 11.8 Å². The highest BCUT2D eigenvalue weighted by Crippen LogP contribution is 2.26. The molecular formula is C16H24O6S2. The molecule has 0 aliphatic rings. The summed E-state index contributed by atoms with van der Waals surface area (Å²) >= 11 is 1.42. The lowest BCUT2D eigenvalue weighted by Gasteiger charge is -2.13. The maximum absolute atomic E-state index is 11.4. The van der Waals surface area contributed by atoms with Crippen LogP contribution in [0, 0.1) is 6.92 Å². The largest absolute Gasteiger partial charge is 0.493 e. The molecule has 24 heavy (non-hydrogen) atoms. The fourth-order valence-electron chi connectivity index (χ4n) is 1.90. The van der Waals surface area contributed by atoms with Crippen LogP contribution < -0.4 is 4.74 Å². The molecule has 136 valence electrons. The molecule has 0 aromatic heterocycles. The van der Waals surface area contributed by atoms with Crippen LogP contribution in [0.2, 0.25) is 0 Å². The number of carbonyl (C=O) groups is 1. The quantitative estimate of drug-likeness (QED) is 0.353. The van der Waals surface area contributed by atoms with Gasteiger partial charge in [-0.3, -0.25) is 8.98 Å². The molecule has 0 radical (unpaired) electrons. The van der Waals surface area contributed by atoms with Gasteiger partial charge in [0.15, 0.2) is 0 Å². The van der Waals surface area contributed by atoms with Gasteiger partial charge in [-0.15, -0.1) is 11.8 Å². The molecule has 0 aliphatic carbocycles. The summed E-state index contributed by atoms with van der Waals surface area (Å²) in [5.74, 6) is 0.733. The van der Waals surface area contributed by atoms with Gasteiger partial charge in [0.05, 0.1) is 31.3 Å². The van der Waals surface area contributed by atoms with E-state index in [1.807, 2.05) is 25.1 Å². The highest BCUT2D eigenvalue weighted by Gasteiger charge is 2.11. The third kappa shape index (κ3) is 8.56. The van der Waals surface area contributed by atoms with Gasteiger partial charge in [-0.25, -0.2) is 0 Å². The predicted molar refractivity (Wildman–Crippen MR) is 94.0 cm³/mol. The Morgan fingerprint density at radius 1 is 1.33 bits per heavy atom. The Labute approximate surface area is 148 Å². The van der Waals surface area contributed by atoms with E-state index in [0.29, 0.717) is 25.4 Å². The third-order valence-corrected chi connectivity index (χ3v) is 4.76. The monoisotopic (exact) mass is 376 g/mol. The molecule has 0 aliphatic heterocycles. The number of esters is 1. The van der Waals surface area contributed by atoms with E-state index in [1.54, 1.807) is 13.8 Å². The van der Waals surface area contributed by atoms with Crippen molar-refractivity contribution in [3.05, 3.63) is 23.8 Å². The summed E-state index contributed by atoms with van der Waals surface area (Å²) in [6.07, 6.45) is 1.06. The second-order valence-corrected chi connectivity index (χ2v) is 7.89. The van der Waals surface area contributed by atoms with Crippen LogP contribution in [0.15, 0.2) is 23.1 Å².